The molecule has 1 aliphatic heterocycles. The van der Waals surface area contributed by atoms with Gasteiger partial charge in [0.2, 0.25) is 0 Å². The van der Waals surface area contributed by atoms with E-state index in [9.17, 15) is 9.18 Å². The Morgan fingerprint density at radius 2 is 2.06 bits per heavy atom. The second-order valence-electron chi connectivity index (χ2n) is 3.57. The molecular formula is C11H12FNO2S. The van der Waals surface area contributed by atoms with E-state index in [-0.39, 0.29) is 10.8 Å². The first-order valence-electron chi connectivity index (χ1n) is 5.04. The van der Waals surface area contributed by atoms with Crippen LogP contribution in [-0.2, 0) is 4.74 Å². The van der Waals surface area contributed by atoms with Crippen LogP contribution in [0.1, 0.15) is 10.4 Å². The number of halogens is 1. The van der Waals surface area contributed by atoms with Crippen LogP contribution in [0.2, 0.25) is 0 Å². The van der Waals surface area contributed by atoms with E-state index in [1.165, 1.54) is 18.2 Å². The fraction of sp³-hybridized carbons (Fsp3) is 0.364. The minimum Gasteiger partial charge on any atom is -0.378 e. The lowest BCUT2D eigenvalue weighted by Gasteiger charge is -2.26. The minimum atomic E-state index is -0.415. The molecule has 3 nitrogen and oxygen atoms in total. The van der Waals surface area contributed by atoms with E-state index >= 15 is 0 Å². The molecule has 1 aliphatic rings. The Hall–Kier alpha value is -1.07. The molecule has 0 radical (unpaired) electrons. The van der Waals surface area contributed by atoms with E-state index in [0.717, 1.165) is 0 Å². The maximum atomic E-state index is 13.0. The summed E-state index contributed by atoms with van der Waals surface area (Å²) >= 11 is 3.96. The van der Waals surface area contributed by atoms with Crippen LogP contribution >= 0.6 is 12.6 Å². The molecule has 0 atom stereocenters. The van der Waals surface area contributed by atoms with Crippen LogP contribution in [-0.4, -0.2) is 37.1 Å². The molecule has 1 aromatic rings. The van der Waals surface area contributed by atoms with Crippen LogP contribution in [0.25, 0.3) is 0 Å². The molecular weight excluding hydrogens is 229 g/mol. The quantitative estimate of drug-likeness (QED) is 0.757. The van der Waals surface area contributed by atoms with Crippen molar-refractivity contribution in [3.8, 4) is 0 Å². The molecule has 2 rings (SSSR count). The van der Waals surface area contributed by atoms with Gasteiger partial charge in [-0.3, -0.25) is 4.79 Å². The van der Waals surface area contributed by atoms with Gasteiger partial charge in [-0.05, 0) is 18.2 Å². The zero-order valence-electron chi connectivity index (χ0n) is 8.65. The summed E-state index contributed by atoms with van der Waals surface area (Å²) in [5, 5.41) is 0. The largest absolute Gasteiger partial charge is 0.378 e. The number of amides is 1. The number of hydrogen-bond acceptors (Lipinski definition) is 3. The molecule has 0 aliphatic carbocycles. The predicted octanol–water partition coefficient (Wildman–Crippen LogP) is 1.59. The van der Waals surface area contributed by atoms with E-state index in [0.29, 0.717) is 31.9 Å². The van der Waals surface area contributed by atoms with Crippen molar-refractivity contribution in [2.24, 2.45) is 0 Å². The molecule has 0 aromatic heterocycles. The summed E-state index contributed by atoms with van der Waals surface area (Å²) in [7, 11) is 0. The lowest BCUT2D eigenvalue weighted by atomic mass is 10.2. The van der Waals surface area contributed by atoms with E-state index < -0.39 is 5.82 Å². The lowest BCUT2D eigenvalue weighted by molar-refractivity contribution is 0.0302. The Morgan fingerprint density at radius 3 is 2.69 bits per heavy atom. The molecule has 0 spiro atoms. The van der Waals surface area contributed by atoms with Crippen molar-refractivity contribution >= 4 is 18.5 Å². The Labute approximate surface area is 98.6 Å². The minimum absolute atomic E-state index is 0.0985. The number of morpholine rings is 1. The van der Waals surface area contributed by atoms with E-state index in [4.69, 9.17) is 4.74 Å². The summed E-state index contributed by atoms with van der Waals surface area (Å²) in [6, 6.07) is 4.19. The van der Waals surface area contributed by atoms with Crippen LogP contribution < -0.4 is 0 Å². The molecule has 1 aromatic carbocycles. The van der Waals surface area contributed by atoms with Crippen molar-refractivity contribution in [1.82, 2.24) is 4.90 Å². The molecule has 1 fully saturated rings. The molecule has 0 unspecified atom stereocenters. The predicted molar refractivity (Wildman–Crippen MR) is 60.4 cm³/mol. The smallest absolute Gasteiger partial charge is 0.254 e. The van der Waals surface area contributed by atoms with Crippen LogP contribution in [0.15, 0.2) is 23.1 Å². The summed E-state index contributed by atoms with van der Waals surface area (Å²) < 4.78 is 18.1. The molecule has 1 saturated heterocycles. The summed E-state index contributed by atoms with van der Waals surface area (Å²) in [5.41, 5.74) is 0.466. The Balaban J connectivity index is 2.16. The Kier molecular flexibility index (Phi) is 3.46. The third-order valence-electron chi connectivity index (χ3n) is 2.49. The lowest BCUT2D eigenvalue weighted by Crippen LogP contribution is -2.40. The number of nitrogens with zero attached hydrogens (tertiary/aromatic N) is 1. The fourth-order valence-corrected chi connectivity index (χ4v) is 1.81. The summed E-state index contributed by atoms with van der Waals surface area (Å²) in [4.78, 5) is 13.9. The molecule has 0 bridgehead atoms. The van der Waals surface area contributed by atoms with Crippen molar-refractivity contribution < 1.29 is 13.9 Å². The molecule has 5 heteroatoms. The second kappa shape index (κ2) is 4.84. The summed E-state index contributed by atoms with van der Waals surface area (Å²) in [6.07, 6.45) is 0. The SMILES string of the molecule is O=C(c1ccc(F)c(S)c1)N1CCOCC1. The second-order valence-corrected chi connectivity index (χ2v) is 4.05. The van der Waals surface area contributed by atoms with Gasteiger partial charge in [-0.1, -0.05) is 0 Å². The Morgan fingerprint density at radius 1 is 1.38 bits per heavy atom. The average molecular weight is 241 g/mol. The number of carbonyl (C=O) groups excluding carboxylic acids is 1. The third kappa shape index (κ3) is 2.36. The highest BCUT2D eigenvalue weighted by Gasteiger charge is 2.18. The van der Waals surface area contributed by atoms with E-state index in [1.807, 2.05) is 0 Å². The Bertz CT molecular complexity index is 405. The van der Waals surface area contributed by atoms with Crippen molar-refractivity contribution in [3.05, 3.63) is 29.6 Å². The van der Waals surface area contributed by atoms with E-state index in [1.54, 1.807) is 4.90 Å². The number of carbonyl (C=O) groups is 1. The maximum Gasteiger partial charge on any atom is 0.254 e. The average Bonchev–Trinajstić information content (AvgIpc) is 2.33. The molecule has 0 N–H and O–H groups in total. The highest BCUT2D eigenvalue weighted by atomic mass is 32.1. The van der Waals surface area contributed by atoms with Gasteiger partial charge in [0.1, 0.15) is 5.82 Å². The maximum absolute atomic E-state index is 13.0. The van der Waals surface area contributed by atoms with Crippen LogP contribution in [0.3, 0.4) is 0 Å². The summed E-state index contributed by atoms with van der Waals surface area (Å²) in [5.74, 6) is -0.513. The van der Waals surface area contributed by atoms with Gasteiger partial charge in [-0.15, -0.1) is 12.6 Å². The first kappa shape index (κ1) is 11.4. The van der Waals surface area contributed by atoms with Crippen LogP contribution in [0, 0.1) is 5.82 Å². The summed E-state index contributed by atoms with van der Waals surface area (Å²) in [6.45, 7) is 2.28. The third-order valence-corrected chi connectivity index (χ3v) is 2.83. The van der Waals surface area contributed by atoms with Crippen molar-refractivity contribution in [2.75, 3.05) is 26.3 Å². The van der Waals surface area contributed by atoms with Gasteiger partial charge >= 0.3 is 0 Å². The monoisotopic (exact) mass is 241 g/mol. The van der Waals surface area contributed by atoms with Gasteiger partial charge in [0.05, 0.1) is 13.2 Å². The van der Waals surface area contributed by atoms with Crippen molar-refractivity contribution in [3.63, 3.8) is 0 Å². The molecule has 1 heterocycles. The topological polar surface area (TPSA) is 29.5 Å². The zero-order valence-corrected chi connectivity index (χ0v) is 9.54. The molecule has 86 valence electrons. The normalized spacial score (nSPS) is 16.2. The van der Waals surface area contributed by atoms with Gasteiger partial charge in [0.15, 0.2) is 0 Å². The van der Waals surface area contributed by atoms with Gasteiger partial charge < -0.3 is 9.64 Å². The standard InChI is InChI=1S/C11H12FNO2S/c12-9-2-1-8(7-10(9)16)11(14)13-3-5-15-6-4-13/h1-2,7,16H,3-6H2. The fourth-order valence-electron chi connectivity index (χ4n) is 1.59. The molecule has 0 saturated carbocycles. The highest BCUT2D eigenvalue weighted by molar-refractivity contribution is 7.80. The number of hydrogen-bond donors (Lipinski definition) is 1. The number of thiol groups is 1. The van der Waals surface area contributed by atoms with Gasteiger partial charge in [0.25, 0.3) is 5.91 Å². The van der Waals surface area contributed by atoms with Crippen molar-refractivity contribution in [2.45, 2.75) is 4.90 Å². The highest BCUT2D eigenvalue weighted by Crippen LogP contribution is 2.16. The number of rotatable bonds is 1. The van der Waals surface area contributed by atoms with Gasteiger partial charge in [-0.25, -0.2) is 4.39 Å². The zero-order chi connectivity index (χ0) is 11.5. The van der Waals surface area contributed by atoms with Gasteiger partial charge in [0, 0.05) is 23.5 Å². The van der Waals surface area contributed by atoms with Crippen LogP contribution in [0.5, 0.6) is 0 Å². The first-order chi connectivity index (χ1) is 7.68. The van der Waals surface area contributed by atoms with Crippen molar-refractivity contribution in [1.29, 1.82) is 0 Å². The van der Waals surface area contributed by atoms with E-state index in [2.05, 4.69) is 12.6 Å². The number of benzene rings is 1. The molecule has 1 amide bonds. The van der Waals surface area contributed by atoms with Crippen LogP contribution in [0.4, 0.5) is 4.39 Å². The molecule has 16 heavy (non-hydrogen) atoms. The number of ether oxygens (including phenoxy) is 1. The van der Waals surface area contributed by atoms with Gasteiger partial charge in [-0.2, -0.15) is 0 Å². The first-order valence-corrected chi connectivity index (χ1v) is 5.49.